The summed E-state index contributed by atoms with van der Waals surface area (Å²) in [6.45, 7) is 2.47. The van der Waals surface area contributed by atoms with Crippen LogP contribution >= 0.6 is 27.7 Å². The van der Waals surface area contributed by atoms with Crippen LogP contribution in [0, 0.1) is 0 Å². The smallest absolute Gasteiger partial charge is 0.412 e. The van der Waals surface area contributed by atoms with Gasteiger partial charge in [0.05, 0.1) is 12.1 Å². The van der Waals surface area contributed by atoms with Gasteiger partial charge in [0.15, 0.2) is 0 Å². The number of unbranched alkanes of at least 4 members (excludes halogenated alkanes) is 1. The Balaban J connectivity index is 1.73. The monoisotopic (exact) mass is 444 g/mol. The third kappa shape index (κ3) is 5.71. The van der Waals surface area contributed by atoms with Gasteiger partial charge in [-0.05, 0) is 36.2 Å². The van der Waals surface area contributed by atoms with E-state index in [2.05, 4.69) is 51.4 Å². The summed E-state index contributed by atoms with van der Waals surface area (Å²) in [5.41, 5.74) is 2.10. The van der Waals surface area contributed by atoms with Crippen molar-refractivity contribution in [1.29, 1.82) is 0 Å². The van der Waals surface area contributed by atoms with Crippen molar-refractivity contribution >= 4 is 50.5 Å². The Bertz CT molecular complexity index is 919. The number of hydrogen-bond acceptors (Lipinski definition) is 4. The van der Waals surface area contributed by atoms with Gasteiger partial charge in [0.2, 0.25) is 0 Å². The van der Waals surface area contributed by atoms with Crippen LogP contribution in [0.1, 0.15) is 25.3 Å². The molecule has 4 nitrogen and oxygen atoms in total. The second kappa shape index (κ2) is 9.76. The molecule has 0 aliphatic carbocycles. The van der Waals surface area contributed by atoms with Gasteiger partial charge in [-0.15, -0.1) is 11.8 Å². The molecule has 1 heterocycles. The van der Waals surface area contributed by atoms with Crippen LogP contribution < -0.4 is 5.32 Å². The van der Waals surface area contributed by atoms with Gasteiger partial charge in [-0.3, -0.25) is 5.32 Å². The van der Waals surface area contributed by atoms with Crippen LogP contribution in [0.25, 0.3) is 10.9 Å². The van der Waals surface area contributed by atoms with E-state index in [4.69, 9.17) is 4.74 Å². The minimum Gasteiger partial charge on any atom is -0.449 e. The lowest BCUT2D eigenvalue weighted by Crippen LogP contribution is -2.15. The molecule has 0 atom stereocenters. The van der Waals surface area contributed by atoms with Crippen LogP contribution in [0.15, 0.2) is 64.0 Å². The van der Waals surface area contributed by atoms with Gasteiger partial charge >= 0.3 is 6.09 Å². The van der Waals surface area contributed by atoms with Crippen molar-refractivity contribution < 1.29 is 9.53 Å². The number of pyridine rings is 1. The number of thioether (sulfide) groups is 1. The van der Waals surface area contributed by atoms with Crippen LogP contribution in [0.2, 0.25) is 0 Å². The van der Waals surface area contributed by atoms with E-state index in [1.54, 1.807) is 17.8 Å². The number of amides is 1. The van der Waals surface area contributed by atoms with E-state index in [-0.39, 0.29) is 0 Å². The summed E-state index contributed by atoms with van der Waals surface area (Å²) < 4.78 is 6.12. The number of carbonyl (C=O) groups excluding carboxylic acids is 1. The van der Waals surface area contributed by atoms with E-state index in [0.29, 0.717) is 12.4 Å². The average Bonchev–Trinajstić information content (AvgIpc) is 2.67. The molecule has 0 saturated carbocycles. The average molecular weight is 445 g/mol. The second-order valence-electron chi connectivity index (χ2n) is 6.06. The summed E-state index contributed by atoms with van der Waals surface area (Å²) in [6.07, 6.45) is 1.37. The Morgan fingerprint density at radius 2 is 2.00 bits per heavy atom. The lowest BCUT2D eigenvalue weighted by molar-refractivity contribution is 0.160. The standard InChI is InChI=1S/C21H21BrN2O2S/c1-2-3-11-26-21(25)24-20-10-9-17-18(22)12-16(13-19(17)23-20)27-14-15-7-5-4-6-8-15/h4-10,12-13H,2-3,11,14H2,1H3,(H,23,24,25). The SMILES string of the molecule is CCCCOC(=O)Nc1ccc2c(Br)cc(SCc3ccccc3)cc2n1. The number of rotatable bonds is 7. The van der Waals surface area contributed by atoms with Crippen molar-refractivity contribution in [1.82, 2.24) is 4.98 Å². The fourth-order valence-corrected chi connectivity index (χ4v) is 4.17. The zero-order valence-corrected chi connectivity index (χ0v) is 17.5. The fraction of sp³-hybridized carbons (Fsp3) is 0.238. The van der Waals surface area contributed by atoms with E-state index >= 15 is 0 Å². The van der Waals surface area contributed by atoms with Crippen molar-refractivity contribution in [2.45, 2.75) is 30.4 Å². The zero-order valence-electron chi connectivity index (χ0n) is 15.1. The van der Waals surface area contributed by atoms with Crippen LogP contribution in [0.3, 0.4) is 0 Å². The maximum Gasteiger partial charge on any atom is 0.412 e. The Kier molecular flexibility index (Phi) is 7.12. The number of benzene rings is 2. The first kappa shape index (κ1) is 19.7. The fourth-order valence-electron chi connectivity index (χ4n) is 2.51. The number of nitrogens with zero attached hydrogens (tertiary/aromatic N) is 1. The first-order valence-corrected chi connectivity index (χ1v) is 10.6. The molecule has 3 aromatic rings. The molecule has 2 aromatic carbocycles. The maximum absolute atomic E-state index is 11.8. The van der Waals surface area contributed by atoms with Crippen molar-refractivity contribution in [2.75, 3.05) is 11.9 Å². The molecule has 0 spiro atoms. The molecule has 1 amide bonds. The highest BCUT2D eigenvalue weighted by molar-refractivity contribution is 9.10. The van der Waals surface area contributed by atoms with Crippen LogP contribution in [0.5, 0.6) is 0 Å². The summed E-state index contributed by atoms with van der Waals surface area (Å²) in [5.74, 6) is 1.38. The Morgan fingerprint density at radius 1 is 1.19 bits per heavy atom. The van der Waals surface area contributed by atoms with E-state index in [1.807, 2.05) is 30.3 Å². The summed E-state index contributed by atoms with van der Waals surface area (Å²) in [5, 5.41) is 3.70. The lowest BCUT2D eigenvalue weighted by Gasteiger charge is -2.09. The van der Waals surface area contributed by atoms with Gasteiger partial charge < -0.3 is 4.74 Å². The zero-order chi connectivity index (χ0) is 19.1. The molecule has 1 N–H and O–H groups in total. The van der Waals surface area contributed by atoms with Gasteiger partial charge in [0, 0.05) is 20.5 Å². The summed E-state index contributed by atoms with van der Waals surface area (Å²) >= 11 is 5.38. The van der Waals surface area contributed by atoms with Gasteiger partial charge in [-0.2, -0.15) is 0 Å². The van der Waals surface area contributed by atoms with E-state index in [1.165, 1.54) is 5.56 Å². The Morgan fingerprint density at radius 3 is 2.78 bits per heavy atom. The minimum absolute atomic E-state index is 0.418. The maximum atomic E-state index is 11.8. The summed E-state index contributed by atoms with van der Waals surface area (Å²) in [7, 11) is 0. The number of nitrogens with one attached hydrogen (secondary N) is 1. The molecule has 0 bridgehead atoms. The van der Waals surface area contributed by atoms with Crippen molar-refractivity contribution in [3.8, 4) is 0 Å². The number of ether oxygens (including phenoxy) is 1. The van der Waals surface area contributed by atoms with Crippen LogP contribution in [0.4, 0.5) is 10.6 Å². The van der Waals surface area contributed by atoms with Gasteiger partial charge in [0.1, 0.15) is 5.82 Å². The molecule has 0 radical (unpaired) electrons. The van der Waals surface area contributed by atoms with Gasteiger partial charge in [-0.25, -0.2) is 9.78 Å². The number of aromatic nitrogens is 1. The third-order valence-corrected chi connectivity index (χ3v) is 5.64. The molecule has 0 aliphatic heterocycles. The highest BCUT2D eigenvalue weighted by atomic mass is 79.9. The predicted molar refractivity (Wildman–Crippen MR) is 115 cm³/mol. The predicted octanol–water partition coefficient (Wildman–Crippen LogP) is 6.64. The topological polar surface area (TPSA) is 51.2 Å². The van der Waals surface area contributed by atoms with Crippen LogP contribution in [-0.4, -0.2) is 17.7 Å². The van der Waals surface area contributed by atoms with Gasteiger partial charge in [-0.1, -0.05) is 59.6 Å². The Labute approximate surface area is 171 Å². The molecule has 1 aromatic heterocycles. The number of halogens is 1. The summed E-state index contributed by atoms with van der Waals surface area (Å²) in [4.78, 5) is 17.5. The van der Waals surface area contributed by atoms with Gasteiger partial charge in [0.25, 0.3) is 0 Å². The van der Waals surface area contributed by atoms with Crippen LogP contribution in [-0.2, 0) is 10.5 Å². The highest BCUT2D eigenvalue weighted by Gasteiger charge is 2.08. The van der Waals surface area contributed by atoms with Crippen molar-refractivity contribution in [3.05, 3.63) is 64.6 Å². The number of fused-ring (bicyclic) bond motifs is 1. The highest BCUT2D eigenvalue weighted by Crippen LogP contribution is 2.32. The Hall–Kier alpha value is -2.05. The molecule has 3 rings (SSSR count). The normalized spacial score (nSPS) is 10.7. The van der Waals surface area contributed by atoms with Crippen molar-refractivity contribution in [3.63, 3.8) is 0 Å². The molecule has 0 fully saturated rings. The lowest BCUT2D eigenvalue weighted by atomic mass is 10.2. The molecule has 0 saturated heterocycles. The molecule has 140 valence electrons. The van der Waals surface area contributed by atoms with Crippen molar-refractivity contribution in [2.24, 2.45) is 0 Å². The molecule has 0 unspecified atom stereocenters. The summed E-state index contributed by atoms with van der Waals surface area (Å²) in [6, 6.07) is 18.2. The number of hydrogen-bond donors (Lipinski definition) is 1. The minimum atomic E-state index is -0.469. The molecule has 6 heteroatoms. The second-order valence-corrected chi connectivity index (χ2v) is 7.96. The first-order valence-electron chi connectivity index (χ1n) is 8.86. The molecular weight excluding hydrogens is 424 g/mol. The number of carbonyl (C=O) groups is 1. The molecular formula is C21H21BrN2O2S. The first-order chi connectivity index (χ1) is 13.2. The molecule has 27 heavy (non-hydrogen) atoms. The quantitative estimate of drug-likeness (QED) is 0.327. The molecule has 0 aliphatic rings. The van der Waals surface area contributed by atoms with E-state index in [9.17, 15) is 4.79 Å². The third-order valence-electron chi connectivity index (χ3n) is 3.94. The largest absolute Gasteiger partial charge is 0.449 e. The van der Waals surface area contributed by atoms with E-state index < -0.39 is 6.09 Å². The van der Waals surface area contributed by atoms with E-state index in [0.717, 1.165) is 38.9 Å². The number of anilines is 1.